The Labute approximate surface area is 166 Å². The Morgan fingerprint density at radius 2 is 1.96 bits per heavy atom. The van der Waals surface area contributed by atoms with Gasteiger partial charge in [-0.05, 0) is 45.5 Å². The summed E-state index contributed by atoms with van der Waals surface area (Å²) in [6.45, 7) is 0.716. The fourth-order valence-electron chi connectivity index (χ4n) is 2.65. The van der Waals surface area contributed by atoms with Crippen LogP contribution >= 0.6 is 11.3 Å². The van der Waals surface area contributed by atoms with Gasteiger partial charge in [0.2, 0.25) is 5.75 Å². The van der Waals surface area contributed by atoms with Gasteiger partial charge < -0.3 is 19.8 Å². The summed E-state index contributed by atoms with van der Waals surface area (Å²) in [5.41, 5.74) is 1.13. The second kappa shape index (κ2) is 9.61. The van der Waals surface area contributed by atoms with Crippen LogP contribution in [0.4, 0.5) is 5.82 Å². The third kappa shape index (κ3) is 5.37. The predicted octanol–water partition coefficient (Wildman–Crippen LogP) is 3.70. The molecule has 28 heavy (non-hydrogen) atoms. The van der Waals surface area contributed by atoms with Gasteiger partial charge in [-0.3, -0.25) is 4.79 Å². The van der Waals surface area contributed by atoms with E-state index in [2.05, 4.69) is 4.98 Å². The van der Waals surface area contributed by atoms with Crippen molar-refractivity contribution in [3.63, 3.8) is 0 Å². The molecule has 0 saturated heterocycles. The number of benzene rings is 1. The Morgan fingerprint density at radius 1 is 1.14 bits per heavy atom. The van der Waals surface area contributed by atoms with Gasteiger partial charge in [-0.2, -0.15) is 0 Å². The first kappa shape index (κ1) is 19.5. The first-order valence-corrected chi connectivity index (χ1v) is 9.58. The van der Waals surface area contributed by atoms with E-state index in [1.165, 1.54) is 18.3 Å². The van der Waals surface area contributed by atoms with E-state index in [1.807, 2.05) is 47.8 Å². The Bertz CT molecular complexity index is 916. The summed E-state index contributed by atoms with van der Waals surface area (Å²) < 4.78 is 5.42. The Balaban J connectivity index is 1.66. The van der Waals surface area contributed by atoms with Crippen molar-refractivity contribution in [2.24, 2.45) is 0 Å². The smallest absolute Gasteiger partial charge is 0.406 e. The van der Waals surface area contributed by atoms with Gasteiger partial charge >= 0.3 is 5.82 Å². The summed E-state index contributed by atoms with van der Waals surface area (Å²) in [5, 5.41) is 13.0. The number of ether oxygens (including phenoxy) is 1. The van der Waals surface area contributed by atoms with Crippen LogP contribution in [0.15, 0.2) is 66.2 Å². The van der Waals surface area contributed by atoms with E-state index in [0.717, 1.165) is 10.4 Å². The monoisotopic (exact) mass is 397 g/mol. The van der Waals surface area contributed by atoms with Crippen molar-refractivity contribution in [3.05, 3.63) is 86.7 Å². The zero-order valence-corrected chi connectivity index (χ0v) is 15.9. The lowest BCUT2D eigenvalue weighted by molar-refractivity contribution is -0.390. The largest absolute Gasteiger partial charge is 0.476 e. The van der Waals surface area contributed by atoms with E-state index >= 15 is 0 Å². The fourth-order valence-corrected chi connectivity index (χ4v) is 3.37. The van der Waals surface area contributed by atoms with Crippen LogP contribution in [0.3, 0.4) is 0 Å². The minimum absolute atomic E-state index is 0.0139. The van der Waals surface area contributed by atoms with Gasteiger partial charge in [0, 0.05) is 11.4 Å². The maximum absolute atomic E-state index is 12.8. The maximum Gasteiger partial charge on any atom is 0.406 e. The topological polar surface area (TPSA) is 85.6 Å². The average molecular weight is 397 g/mol. The molecule has 8 heteroatoms. The summed E-state index contributed by atoms with van der Waals surface area (Å²) in [7, 11) is 0. The summed E-state index contributed by atoms with van der Waals surface area (Å²) in [4.78, 5) is 29.6. The van der Waals surface area contributed by atoms with E-state index in [1.54, 1.807) is 16.2 Å². The second-order valence-corrected chi connectivity index (χ2v) is 7.03. The van der Waals surface area contributed by atoms with Gasteiger partial charge in [0.1, 0.15) is 6.20 Å². The molecule has 144 valence electrons. The molecule has 0 radical (unpaired) electrons. The molecule has 2 heterocycles. The first-order chi connectivity index (χ1) is 13.6. The molecule has 0 saturated carbocycles. The number of carbonyl (C=O) groups excluding carboxylic acids is 1. The molecule has 1 amide bonds. The van der Waals surface area contributed by atoms with Crippen molar-refractivity contribution in [2.45, 2.75) is 13.0 Å². The van der Waals surface area contributed by atoms with Gasteiger partial charge in [0.05, 0.1) is 6.54 Å². The number of pyridine rings is 1. The fraction of sp³-hybridized carbons (Fsp3) is 0.200. The van der Waals surface area contributed by atoms with Crippen molar-refractivity contribution in [1.29, 1.82) is 0 Å². The molecule has 0 atom stereocenters. The van der Waals surface area contributed by atoms with Gasteiger partial charge in [0.25, 0.3) is 5.91 Å². The number of amides is 1. The highest BCUT2D eigenvalue weighted by Gasteiger charge is 2.20. The highest BCUT2D eigenvalue weighted by atomic mass is 32.1. The Hall–Kier alpha value is -3.26. The first-order valence-electron chi connectivity index (χ1n) is 8.70. The molecule has 0 unspecified atom stereocenters. The molecule has 7 nitrogen and oxygen atoms in total. The molecule has 1 aromatic carbocycles. The van der Waals surface area contributed by atoms with Crippen molar-refractivity contribution in [1.82, 2.24) is 9.88 Å². The van der Waals surface area contributed by atoms with Crippen LogP contribution in [0.1, 0.15) is 10.4 Å². The summed E-state index contributed by atoms with van der Waals surface area (Å²) in [5.74, 6) is -0.646. The molecule has 3 aromatic rings. The molecule has 0 fully saturated rings. The highest BCUT2D eigenvalue weighted by Crippen LogP contribution is 2.23. The van der Waals surface area contributed by atoms with Crippen LogP contribution in [-0.4, -0.2) is 33.9 Å². The highest BCUT2D eigenvalue weighted by molar-refractivity contribution is 7.09. The molecule has 0 N–H and O–H groups in total. The molecule has 2 aromatic heterocycles. The summed E-state index contributed by atoms with van der Waals surface area (Å²) in [6.07, 6.45) is 2.03. The van der Waals surface area contributed by atoms with Crippen molar-refractivity contribution >= 4 is 23.1 Å². The van der Waals surface area contributed by atoms with E-state index in [-0.39, 0.29) is 18.3 Å². The van der Waals surface area contributed by atoms with E-state index in [4.69, 9.17) is 4.74 Å². The third-order valence-electron chi connectivity index (χ3n) is 4.07. The standard InChI is InChI=1S/C20H19N3O4S/c24-19(15-27-18-9-4-11-21-20(18)23(25)26)22(14-17-8-5-13-28-17)12-10-16-6-2-1-3-7-16/h1-9,11,13H,10,12,14-15H2. The number of rotatable bonds is 9. The van der Waals surface area contributed by atoms with E-state index < -0.39 is 10.7 Å². The van der Waals surface area contributed by atoms with E-state index in [9.17, 15) is 14.9 Å². The Morgan fingerprint density at radius 3 is 2.68 bits per heavy atom. The quantitative estimate of drug-likeness (QED) is 0.406. The van der Waals surface area contributed by atoms with Crippen LogP contribution in [0.5, 0.6) is 5.75 Å². The minimum atomic E-state index is -0.626. The predicted molar refractivity (Wildman–Crippen MR) is 106 cm³/mol. The third-order valence-corrected chi connectivity index (χ3v) is 4.93. The molecular formula is C20H19N3O4S. The number of nitro groups is 1. The van der Waals surface area contributed by atoms with Gasteiger partial charge in [-0.25, -0.2) is 0 Å². The minimum Gasteiger partial charge on any atom is -0.476 e. The lowest BCUT2D eigenvalue weighted by Crippen LogP contribution is -2.36. The molecule has 0 aliphatic carbocycles. The average Bonchev–Trinajstić information content (AvgIpc) is 3.23. The summed E-state index contributed by atoms with van der Waals surface area (Å²) >= 11 is 1.58. The molecule has 0 bridgehead atoms. The number of hydrogen-bond donors (Lipinski definition) is 0. The van der Waals surface area contributed by atoms with Crippen molar-refractivity contribution in [3.8, 4) is 5.75 Å². The number of aromatic nitrogens is 1. The van der Waals surface area contributed by atoms with Crippen LogP contribution in [0, 0.1) is 10.1 Å². The Kier molecular flexibility index (Phi) is 6.69. The van der Waals surface area contributed by atoms with Crippen LogP contribution in [0.25, 0.3) is 0 Å². The van der Waals surface area contributed by atoms with E-state index in [0.29, 0.717) is 19.5 Å². The van der Waals surface area contributed by atoms with Gasteiger partial charge in [0.15, 0.2) is 6.61 Å². The van der Waals surface area contributed by atoms with Crippen LogP contribution in [-0.2, 0) is 17.8 Å². The zero-order chi connectivity index (χ0) is 19.8. The van der Waals surface area contributed by atoms with Gasteiger partial charge in [-0.15, -0.1) is 11.3 Å². The van der Waals surface area contributed by atoms with Gasteiger partial charge in [-0.1, -0.05) is 36.4 Å². The maximum atomic E-state index is 12.8. The van der Waals surface area contributed by atoms with Crippen LogP contribution < -0.4 is 4.74 Å². The molecule has 0 spiro atoms. The lowest BCUT2D eigenvalue weighted by atomic mass is 10.1. The normalized spacial score (nSPS) is 10.4. The van der Waals surface area contributed by atoms with Crippen molar-refractivity contribution in [2.75, 3.05) is 13.2 Å². The SMILES string of the molecule is O=C(COc1cccnc1[N+](=O)[O-])N(CCc1ccccc1)Cc1cccs1. The molecular weight excluding hydrogens is 378 g/mol. The molecule has 0 aliphatic heterocycles. The van der Waals surface area contributed by atoms with Crippen LogP contribution in [0.2, 0.25) is 0 Å². The lowest BCUT2D eigenvalue weighted by Gasteiger charge is -2.22. The molecule has 0 aliphatic rings. The second-order valence-electron chi connectivity index (χ2n) is 6.00. The zero-order valence-electron chi connectivity index (χ0n) is 15.1. The number of carbonyl (C=O) groups is 1. The molecule has 3 rings (SSSR count). The van der Waals surface area contributed by atoms with Crippen molar-refractivity contribution < 1.29 is 14.5 Å². The summed E-state index contributed by atoms with van der Waals surface area (Å²) in [6, 6.07) is 16.8. The number of hydrogen-bond acceptors (Lipinski definition) is 6. The number of thiophene rings is 1. The number of nitrogens with zero attached hydrogens (tertiary/aromatic N) is 3.